The third-order valence-corrected chi connectivity index (χ3v) is 4.52. The van der Waals surface area contributed by atoms with Gasteiger partial charge in [-0.2, -0.15) is 0 Å². The van der Waals surface area contributed by atoms with Crippen LogP contribution in [0.15, 0.2) is 24.3 Å². The number of ether oxygens (including phenoxy) is 2. The zero-order valence-electron chi connectivity index (χ0n) is 15.3. The molecule has 0 saturated carbocycles. The lowest BCUT2D eigenvalue weighted by atomic mass is 10.0. The molecule has 4 nitrogen and oxygen atoms in total. The molecule has 0 amide bonds. The van der Waals surface area contributed by atoms with E-state index in [0.29, 0.717) is 30.2 Å². The van der Waals surface area contributed by atoms with Crippen molar-refractivity contribution in [3.8, 4) is 17.0 Å². The molecule has 0 aliphatic rings. The number of nitrogens with zero attached hydrogens (tertiary/aromatic N) is 1. The number of halogens is 1. The highest BCUT2D eigenvalue weighted by atomic mass is 35.5. The number of hydrogen-bond acceptors (Lipinski definition) is 5. The molecule has 0 fully saturated rings. The molecule has 6 heteroatoms. The van der Waals surface area contributed by atoms with Crippen molar-refractivity contribution in [3.63, 3.8) is 0 Å². The van der Waals surface area contributed by atoms with Gasteiger partial charge in [0.2, 0.25) is 0 Å². The van der Waals surface area contributed by atoms with Crippen molar-refractivity contribution in [2.75, 3.05) is 19.8 Å². The summed E-state index contributed by atoms with van der Waals surface area (Å²) in [7, 11) is 0. The third kappa shape index (κ3) is 6.94. The standard InChI is InChI=1S/C19H27ClN2O2S/c1-13(2)10-16-17(22-18(20)25-16)14-6-5-7-15(11-14)24-9-8-23-12-19(3,4)21/h5-7,11,13H,8-10,12,21H2,1-4H3. The first-order valence-electron chi connectivity index (χ1n) is 8.49. The fourth-order valence-corrected chi connectivity index (χ4v) is 3.73. The Morgan fingerprint density at radius 2 is 2.04 bits per heavy atom. The summed E-state index contributed by atoms with van der Waals surface area (Å²) in [6, 6.07) is 7.95. The van der Waals surface area contributed by atoms with Crippen LogP contribution in [-0.4, -0.2) is 30.3 Å². The molecule has 2 N–H and O–H groups in total. The van der Waals surface area contributed by atoms with E-state index < -0.39 is 0 Å². The van der Waals surface area contributed by atoms with Gasteiger partial charge >= 0.3 is 0 Å². The topological polar surface area (TPSA) is 57.4 Å². The zero-order valence-corrected chi connectivity index (χ0v) is 16.9. The van der Waals surface area contributed by atoms with E-state index in [1.807, 2.05) is 38.1 Å². The van der Waals surface area contributed by atoms with Gasteiger partial charge < -0.3 is 15.2 Å². The molecule has 1 aromatic heterocycles. The predicted octanol–water partition coefficient (Wildman–Crippen LogP) is 4.79. The molecule has 0 unspecified atom stereocenters. The molecule has 0 saturated heterocycles. The Hall–Kier alpha value is -1.14. The molecule has 2 aromatic rings. The lowest BCUT2D eigenvalue weighted by Gasteiger charge is -2.18. The molecule has 1 aromatic carbocycles. The number of nitrogens with two attached hydrogens (primary N) is 1. The van der Waals surface area contributed by atoms with Crippen molar-refractivity contribution in [2.24, 2.45) is 11.7 Å². The van der Waals surface area contributed by atoms with Crippen LogP contribution < -0.4 is 10.5 Å². The second-order valence-electron chi connectivity index (χ2n) is 7.25. The van der Waals surface area contributed by atoms with Crippen LogP contribution in [0.4, 0.5) is 0 Å². The lowest BCUT2D eigenvalue weighted by molar-refractivity contribution is 0.0724. The Balaban J connectivity index is 1.99. The first-order chi connectivity index (χ1) is 11.7. The number of aromatic nitrogens is 1. The van der Waals surface area contributed by atoms with Gasteiger partial charge in [-0.25, -0.2) is 4.98 Å². The minimum atomic E-state index is -0.323. The molecule has 0 aliphatic heterocycles. The van der Waals surface area contributed by atoms with Crippen LogP contribution in [0.5, 0.6) is 5.75 Å². The fraction of sp³-hybridized carbons (Fsp3) is 0.526. The van der Waals surface area contributed by atoms with Crippen LogP contribution in [0.3, 0.4) is 0 Å². The van der Waals surface area contributed by atoms with Gasteiger partial charge in [-0.1, -0.05) is 37.6 Å². The SMILES string of the molecule is CC(C)Cc1sc(Cl)nc1-c1cccc(OCCOCC(C)(C)N)c1. The average Bonchev–Trinajstić information content (AvgIpc) is 2.86. The Morgan fingerprint density at radius 3 is 2.72 bits per heavy atom. The number of rotatable bonds is 9. The maximum atomic E-state index is 6.14. The molecule has 25 heavy (non-hydrogen) atoms. The summed E-state index contributed by atoms with van der Waals surface area (Å²) in [6.07, 6.45) is 0.966. The molecular formula is C19H27ClN2O2S. The summed E-state index contributed by atoms with van der Waals surface area (Å²) >= 11 is 7.69. The normalized spacial score (nSPS) is 12.0. The highest BCUT2D eigenvalue weighted by Crippen LogP contribution is 2.34. The summed E-state index contributed by atoms with van der Waals surface area (Å²) < 4.78 is 11.9. The summed E-state index contributed by atoms with van der Waals surface area (Å²) in [5, 5.41) is 0. The molecule has 0 bridgehead atoms. The van der Waals surface area contributed by atoms with Crippen molar-refractivity contribution < 1.29 is 9.47 Å². The first kappa shape index (κ1) is 20.2. The van der Waals surface area contributed by atoms with E-state index in [-0.39, 0.29) is 5.54 Å². The molecule has 138 valence electrons. The minimum absolute atomic E-state index is 0.323. The van der Waals surface area contributed by atoms with Gasteiger partial charge in [0.05, 0.1) is 18.9 Å². The Morgan fingerprint density at radius 1 is 1.28 bits per heavy atom. The molecule has 0 spiro atoms. The van der Waals surface area contributed by atoms with E-state index in [1.54, 1.807) is 11.3 Å². The highest BCUT2D eigenvalue weighted by molar-refractivity contribution is 7.16. The van der Waals surface area contributed by atoms with Gasteiger partial charge in [0.1, 0.15) is 12.4 Å². The summed E-state index contributed by atoms with van der Waals surface area (Å²) in [5.41, 5.74) is 7.54. The minimum Gasteiger partial charge on any atom is -0.491 e. The maximum Gasteiger partial charge on any atom is 0.184 e. The molecule has 0 aliphatic carbocycles. The van der Waals surface area contributed by atoms with Gasteiger partial charge in [0, 0.05) is 16.0 Å². The van der Waals surface area contributed by atoms with E-state index in [0.717, 1.165) is 23.4 Å². The second-order valence-corrected chi connectivity index (χ2v) is 8.92. The van der Waals surface area contributed by atoms with Gasteiger partial charge in [0.15, 0.2) is 4.47 Å². The zero-order chi connectivity index (χ0) is 18.4. The van der Waals surface area contributed by atoms with Crippen LogP contribution in [0.1, 0.15) is 32.6 Å². The van der Waals surface area contributed by atoms with Crippen molar-refractivity contribution >= 4 is 22.9 Å². The van der Waals surface area contributed by atoms with Crippen molar-refractivity contribution in [2.45, 2.75) is 39.7 Å². The summed E-state index contributed by atoms with van der Waals surface area (Å²) in [5.74, 6) is 1.35. The van der Waals surface area contributed by atoms with Crippen LogP contribution in [0, 0.1) is 5.92 Å². The van der Waals surface area contributed by atoms with Crippen molar-refractivity contribution in [3.05, 3.63) is 33.6 Å². The third-order valence-electron chi connectivity index (χ3n) is 3.34. The monoisotopic (exact) mass is 382 g/mol. The van der Waals surface area contributed by atoms with E-state index in [4.69, 9.17) is 26.8 Å². The first-order valence-corrected chi connectivity index (χ1v) is 9.69. The van der Waals surface area contributed by atoms with E-state index >= 15 is 0 Å². The van der Waals surface area contributed by atoms with Gasteiger partial charge in [-0.05, 0) is 38.3 Å². The van der Waals surface area contributed by atoms with Crippen LogP contribution >= 0.6 is 22.9 Å². The average molecular weight is 383 g/mol. The molecule has 1 heterocycles. The van der Waals surface area contributed by atoms with E-state index in [9.17, 15) is 0 Å². The smallest absolute Gasteiger partial charge is 0.184 e. The Kier molecular flexibility index (Phi) is 7.25. The lowest BCUT2D eigenvalue weighted by Crippen LogP contribution is -2.37. The highest BCUT2D eigenvalue weighted by Gasteiger charge is 2.14. The summed E-state index contributed by atoms with van der Waals surface area (Å²) in [4.78, 5) is 5.72. The van der Waals surface area contributed by atoms with Crippen molar-refractivity contribution in [1.82, 2.24) is 4.98 Å². The summed E-state index contributed by atoms with van der Waals surface area (Å²) in [6.45, 7) is 9.75. The van der Waals surface area contributed by atoms with Crippen LogP contribution in [0.2, 0.25) is 4.47 Å². The second kappa shape index (κ2) is 8.99. The van der Waals surface area contributed by atoms with Gasteiger partial charge in [-0.3, -0.25) is 0 Å². The number of benzene rings is 1. The largest absolute Gasteiger partial charge is 0.491 e. The van der Waals surface area contributed by atoms with Crippen molar-refractivity contribution in [1.29, 1.82) is 0 Å². The molecule has 0 radical (unpaired) electrons. The van der Waals surface area contributed by atoms with Crippen LogP contribution in [-0.2, 0) is 11.2 Å². The van der Waals surface area contributed by atoms with Crippen LogP contribution in [0.25, 0.3) is 11.3 Å². The Labute approximate surface area is 159 Å². The van der Waals surface area contributed by atoms with E-state index in [1.165, 1.54) is 4.88 Å². The number of thiazole rings is 1. The molecular weight excluding hydrogens is 356 g/mol. The van der Waals surface area contributed by atoms with Gasteiger partial charge in [-0.15, -0.1) is 11.3 Å². The molecule has 0 atom stereocenters. The van der Waals surface area contributed by atoms with Gasteiger partial charge in [0.25, 0.3) is 0 Å². The number of hydrogen-bond donors (Lipinski definition) is 1. The quantitative estimate of drug-likeness (QED) is 0.633. The predicted molar refractivity (Wildman–Crippen MR) is 106 cm³/mol. The molecule has 2 rings (SSSR count). The Bertz CT molecular complexity index is 680. The van der Waals surface area contributed by atoms with E-state index in [2.05, 4.69) is 18.8 Å². The maximum absolute atomic E-state index is 6.14. The fourth-order valence-electron chi connectivity index (χ4n) is 2.34.